The number of aromatic nitrogens is 2. The Kier molecular flexibility index (Phi) is 5.58. The van der Waals surface area contributed by atoms with E-state index in [1.807, 2.05) is 24.3 Å². The highest BCUT2D eigenvalue weighted by atomic mass is 32.1. The number of hydrogen-bond donors (Lipinski definition) is 1. The molecule has 0 fully saturated rings. The Morgan fingerprint density at radius 3 is 2.79 bits per heavy atom. The van der Waals surface area contributed by atoms with E-state index in [0.29, 0.717) is 18.2 Å². The number of nitrogens with zero attached hydrogens (tertiary/aromatic N) is 2. The third-order valence-corrected chi connectivity index (χ3v) is 4.99. The number of thiazole rings is 1. The lowest BCUT2D eigenvalue weighted by molar-refractivity contribution is -0.116. The summed E-state index contributed by atoms with van der Waals surface area (Å²) in [6.07, 6.45) is 4.77. The summed E-state index contributed by atoms with van der Waals surface area (Å²) in [6, 6.07) is 17.0. The number of rotatable bonds is 6. The SMILES string of the molecule is O=C(/C=C/c1nc2ccccc2s1)NCc1ccnc(Oc2ccc(F)cc2)c1. The lowest BCUT2D eigenvalue weighted by atomic mass is 10.2. The molecule has 0 spiro atoms. The van der Waals surface area contributed by atoms with Crippen molar-refractivity contribution in [3.05, 3.63) is 89.3 Å². The van der Waals surface area contributed by atoms with Crippen molar-refractivity contribution in [3.63, 3.8) is 0 Å². The summed E-state index contributed by atoms with van der Waals surface area (Å²) < 4.78 is 19.7. The van der Waals surface area contributed by atoms with Gasteiger partial charge in [0.25, 0.3) is 0 Å². The van der Waals surface area contributed by atoms with Crippen LogP contribution in [0.3, 0.4) is 0 Å². The number of carbonyl (C=O) groups is 1. The molecule has 4 aromatic rings. The maximum Gasteiger partial charge on any atom is 0.244 e. The molecular weight excluding hydrogens is 389 g/mol. The Morgan fingerprint density at radius 1 is 1.14 bits per heavy atom. The maximum absolute atomic E-state index is 13.0. The summed E-state index contributed by atoms with van der Waals surface area (Å²) in [6.45, 7) is 0.325. The van der Waals surface area contributed by atoms with E-state index in [1.54, 1.807) is 24.4 Å². The van der Waals surface area contributed by atoms with Crippen LogP contribution >= 0.6 is 11.3 Å². The van der Waals surface area contributed by atoms with Crippen molar-refractivity contribution in [1.29, 1.82) is 0 Å². The van der Waals surface area contributed by atoms with Crippen molar-refractivity contribution < 1.29 is 13.9 Å². The van der Waals surface area contributed by atoms with E-state index in [-0.39, 0.29) is 11.7 Å². The quantitative estimate of drug-likeness (QED) is 0.461. The number of nitrogens with one attached hydrogen (secondary N) is 1. The molecular formula is C22H16FN3O2S. The molecule has 144 valence electrons. The number of fused-ring (bicyclic) bond motifs is 1. The van der Waals surface area contributed by atoms with Gasteiger partial charge in [0.2, 0.25) is 11.8 Å². The first kappa shape index (κ1) is 18.8. The van der Waals surface area contributed by atoms with Gasteiger partial charge in [-0.15, -0.1) is 11.3 Å². The van der Waals surface area contributed by atoms with Gasteiger partial charge >= 0.3 is 0 Å². The zero-order valence-electron chi connectivity index (χ0n) is 15.2. The summed E-state index contributed by atoms with van der Waals surface area (Å²) in [4.78, 5) is 20.7. The number of benzene rings is 2. The molecule has 1 amide bonds. The number of amides is 1. The van der Waals surface area contributed by atoms with Gasteiger partial charge in [-0.05, 0) is 54.1 Å². The Balaban J connectivity index is 1.34. The first-order valence-corrected chi connectivity index (χ1v) is 9.67. The van der Waals surface area contributed by atoms with Crippen LogP contribution in [0, 0.1) is 5.82 Å². The van der Waals surface area contributed by atoms with E-state index in [0.717, 1.165) is 20.8 Å². The third kappa shape index (κ3) is 5.03. The molecule has 0 aliphatic carbocycles. The highest BCUT2D eigenvalue weighted by Gasteiger charge is 2.04. The van der Waals surface area contributed by atoms with Crippen LogP contribution in [0.4, 0.5) is 4.39 Å². The van der Waals surface area contributed by atoms with Crippen LogP contribution in [-0.4, -0.2) is 15.9 Å². The van der Waals surface area contributed by atoms with E-state index in [1.165, 1.54) is 41.7 Å². The standard InChI is InChI=1S/C22H16FN3O2S/c23-16-5-7-17(8-6-16)28-21-13-15(11-12-24-21)14-25-20(27)9-10-22-26-18-3-1-2-4-19(18)29-22/h1-13H,14H2,(H,25,27)/b10-9+. The summed E-state index contributed by atoms with van der Waals surface area (Å²) >= 11 is 1.53. The van der Waals surface area contributed by atoms with Crippen molar-refractivity contribution in [3.8, 4) is 11.6 Å². The number of para-hydroxylation sites is 1. The lowest BCUT2D eigenvalue weighted by Gasteiger charge is -2.07. The molecule has 0 aliphatic heterocycles. The highest BCUT2D eigenvalue weighted by Crippen LogP contribution is 2.22. The third-order valence-electron chi connectivity index (χ3n) is 3.99. The van der Waals surface area contributed by atoms with Crippen LogP contribution < -0.4 is 10.1 Å². The summed E-state index contributed by atoms with van der Waals surface area (Å²) in [7, 11) is 0. The largest absolute Gasteiger partial charge is 0.439 e. The van der Waals surface area contributed by atoms with Gasteiger partial charge in [-0.2, -0.15) is 0 Å². The lowest BCUT2D eigenvalue weighted by Crippen LogP contribution is -2.20. The molecule has 29 heavy (non-hydrogen) atoms. The minimum Gasteiger partial charge on any atom is -0.439 e. The minimum atomic E-state index is -0.333. The fourth-order valence-corrected chi connectivity index (χ4v) is 3.47. The van der Waals surface area contributed by atoms with Crippen molar-refractivity contribution in [1.82, 2.24) is 15.3 Å². The highest BCUT2D eigenvalue weighted by molar-refractivity contribution is 7.19. The molecule has 0 radical (unpaired) electrons. The van der Waals surface area contributed by atoms with Gasteiger partial charge in [-0.1, -0.05) is 12.1 Å². The van der Waals surface area contributed by atoms with Crippen molar-refractivity contribution in [2.45, 2.75) is 6.54 Å². The summed E-state index contributed by atoms with van der Waals surface area (Å²) in [5.41, 5.74) is 1.75. The van der Waals surface area contributed by atoms with Gasteiger partial charge in [0.15, 0.2) is 0 Å². The Hall–Kier alpha value is -3.58. The molecule has 5 nitrogen and oxygen atoms in total. The molecule has 2 heterocycles. The molecule has 4 rings (SSSR count). The van der Waals surface area contributed by atoms with Gasteiger partial charge in [0.05, 0.1) is 10.2 Å². The second kappa shape index (κ2) is 8.62. The fraction of sp³-hybridized carbons (Fsp3) is 0.0455. The Morgan fingerprint density at radius 2 is 1.97 bits per heavy atom. The van der Waals surface area contributed by atoms with E-state index in [4.69, 9.17) is 4.74 Å². The molecule has 0 saturated carbocycles. The molecule has 2 aromatic carbocycles. The van der Waals surface area contributed by atoms with Crippen molar-refractivity contribution in [2.75, 3.05) is 0 Å². The van der Waals surface area contributed by atoms with E-state index >= 15 is 0 Å². The van der Waals surface area contributed by atoms with Gasteiger partial charge in [0.1, 0.15) is 16.6 Å². The number of carbonyl (C=O) groups excluding carboxylic acids is 1. The molecule has 0 unspecified atom stereocenters. The van der Waals surface area contributed by atoms with Crippen molar-refractivity contribution in [2.24, 2.45) is 0 Å². The molecule has 7 heteroatoms. The zero-order valence-corrected chi connectivity index (χ0v) is 16.0. The predicted octanol–water partition coefficient (Wildman–Crippen LogP) is 4.95. The van der Waals surface area contributed by atoms with E-state index in [9.17, 15) is 9.18 Å². The van der Waals surface area contributed by atoms with Gasteiger partial charge in [-0.25, -0.2) is 14.4 Å². The number of pyridine rings is 1. The number of ether oxygens (including phenoxy) is 1. The maximum atomic E-state index is 13.0. The van der Waals surface area contributed by atoms with Crippen LogP contribution in [0.1, 0.15) is 10.6 Å². The first-order chi connectivity index (χ1) is 14.2. The van der Waals surface area contributed by atoms with E-state index in [2.05, 4.69) is 15.3 Å². The average Bonchev–Trinajstić information content (AvgIpc) is 3.16. The van der Waals surface area contributed by atoms with Crippen LogP contribution in [0.15, 0.2) is 72.9 Å². The van der Waals surface area contributed by atoms with Crippen LogP contribution in [0.2, 0.25) is 0 Å². The smallest absolute Gasteiger partial charge is 0.244 e. The van der Waals surface area contributed by atoms with Crippen LogP contribution in [-0.2, 0) is 11.3 Å². The molecule has 0 saturated heterocycles. The average molecular weight is 405 g/mol. The van der Waals surface area contributed by atoms with Crippen molar-refractivity contribution >= 4 is 33.5 Å². The van der Waals surface area contributed by atoms with Gasteiger partial charge < -0.3 is 10.1 Å². The molecule has 1 N–H and O–H groups in total. The second-order valence-electron chi connectivity index (χ2n) is 6.13. The molecule has 0 aliphatic rings. The zero-order chi connectivity index (χ0) is 20.1. The second-order valence-corrected chi connectivity index (χ2v) is 7.19. The van der Waals surface area contributed by atoms with Crippen LogP contribution in [0.25, 0.3) is 16.3 Å². The molecule has 0 atom stereocenters. The summed E-state index contributed by atoms with van der Waals surface area (Å²) in [5, 5.41) is 3.60. The predicted molar refractivity (Wildman–Crippen MR) is 111 cm³/mol. The first-order valence-electron chi connectivity index (χ1n) is 8.85. The summed E-state index contributed by atoms with van der Waals surface area (Å²) in [5.74, 6) is 0.301. The Bertz CT molecular complexity index is 1140. The fourth-order valence-electron chi connectivity index (χ4n) is 2.60. The minimum absolute atomic E-state index is 0.220. The Labute approximate surface area is 170 Å². The van der Waals surface area contributed by atoms with E-state index < -0.39 is 0 Å². The molecule has 2 aromatic heterocycles. The topological polar surface area (TPSA) is 64.1 Å². The normalized spacial score (nSPS) is 11.1. The van der Waals surface area contributed by atoms with Gasteiger partial charge in [-0.3, -0.25) is 4.79 Å². The van der Waals surface area contributed by atoms with Gasteiger partial charge in [0, 0.05) is 24.9 Å². The van der Waals surface area contributed by atoms with Crippen LogP contribution in [0.5, 0.6) is 11.6 Å². The number of hydrogen-bond acceptors (Lipinski definition) is 5. The molecule has 0 bridgehead atoms. The number of halogens is 1. The monoisotopic (exact) mass is 405 g/mol.